The fourth-order valence-electron chi connectivity index (χ4n) is 2.23. The topological polar surface area (TPSA) is 92.4 Å². The molecule has 0 saturated carbocycles. The Hall–Kier alpha value is -2.18. The van der Waals surface area contributed by atoms with Crippen molar-refractivity contribution in [3.8, 4) is 0 Å². The van der Waals surface area contributed by atoms with Crippen LogP contribution in [0, 0.1) is 0 Å². The Morgan fingerprint density at radius 2 is 2.14 bits per heavy atom. The zero-order chi connectivity index (χ0) is 15.6. The fourth-order valence-corrected chi connectivity index (χ4v) is 2.23. The molecule has 1 aromatic rings. The molecule has 1 aromatic heterocycles. The molecule has 1 amide bonds. The first-order valence-corrected chi connectivity index (χ1v) is 6.86. The van der Waals surface area contributed by atoms with Crippen LogP contribution < -0.4 is 5.56 Å². The average molecular weight is 293 g/mol. The lowest BCUT2D eigenvalue weighted by Crippen LogP contribution is -2.44. The van der Waals surface area contributed by atoms with E-state index < -0.39 is 17.6 Å². The summed E-state index contributed by atoms with van der Waals surface area (Å²) in [4.78, 5) is 43.2. The number of rotatable bonds is 2. The number of carbonyl (C=O) groups excluding carboxylic acids is 2. The number of hydrogen-bond donors (Lipinski definition) is 1. The van der Waals surface area contributed by atoms with Crippen LogP contribution in [0.15, 0.2) is 17.2 Å². The number of likely N-dealkylation sites (tertiary alicyclic amines) is 1. The van der Waals surface area contributed by atoms with Crippen LogP contribution in [-0.4, -0.2) is 44.9 Å². The number of hydrogen-bond acceptors (Lipinski definition) is 5. The van der Waals surface area contributed by atoms with Crippen LogP contribution in [0.1, 0.15) is 44.1 Å². The highest BCUT2D eigenvalue weighted by molar-refractivity contribution is 5.95. The van der Waals surface area contributed by atoms with Crippen LogP contribution in [0.2, 0.25) is 0 Å². The molecule has 2 rings (SSSR count). The predicted octanol–water partition coefficient (Wildman–Crippen LogP) is 0.716. The van der Waals surface area contributed by atoms with E-state index in [1.54, 1.807) is 20.8 Å². The van der Waals surface area contributed by atoms with Crippen LogP contribution in [0.3, 0.4) is 0 Å². The van der Waals surface area contributed by atoms with E-state index in [9.17, 15) is 14.4 Å². The molecule has 0 aliphatic carbocycles. The molecule has 0 bridgehead atoms. The second-order valence-electron chi connectivity index (χ2n) is 5.99. The number of aromatic amines is 1. The zero-order valence-corrected chi connectivity index (χ0v) is 12.4. The number of ether oxygens (including phenoxy) is 1. The van der Waals surface area contributed by atoms with Crippen molar-refractivity contribution in [2.75, 3.05) is 6.54 Å². The maximum atomic E-state index is 12.4. The SMILES string of the molecule is CC(C)(C)OC(=O)[C@@H]1CCCN1C(=O)c1c[nH]c(=O)cn1. The maximum Gasteiger partial charge on any atom is 0.329 e. The van der Waals surface area contributed by atoms with Gasteiger partial charge in [-0.15, -0.1) is 0 Å². The van der Waals surface area contributed by atoms with Gasteiger partial charge in [-0.2, -0.15) is 0 Å². The van der Waals surface area contributed by atoms with Crippen molar-refractivity contribution in [1.29, 1.82) is 0 Å². The second kappa shape index (κ2) is 5.67. The molecule has 1 fully saturated rings. The molecule has 1 aliphatic rings. The second-order valence-corrected chi connectivity index (χ2v) is 5.99. The van der Waals surface area contributed by atoms with Gasteiger partial charge in [0.05, 0.1) is 6.20 Å². The number of nitrogens with zero attached hydrogens (tertiary/aromatic N) is 2. The van der Waals surface area contributed by atoms with Gasteiger partial charge in [-0.3, -0.25) is 9.59 Å². The highest BCUT2D eigenvalue weighted by Crippen LogP contribution is 2.22. The van der Waals surface area contributed by atoms with Gasteiger partial charge in [-0.05, 0) is 33.6 Å². The summed E-state index contributed by atoms with van der Waals surface area (Å²) in [5.41, 5.74) is -0.855. The molecule has 7 heteroatoms. The van der Waals surface area contributed by atoms with Crippen LogP contribution in [0.25, 0.3) is 0 Å². The Morgan fingerprint density at radius 3 is 2.71 bits per heavy atom. The van der Waals surface area contributed by atoms with Crippen molar-refractivity contribution in [2.24, 2.45) is 0 Å². The third-order valence-electron chi connectivity index (χ3n) is 3.08. The summed E-state index contributed by atoms with van der Waals surface area (Å²) < 4.78 is 5.35. The van der Waals surface area contributed by atoms with Crippen molar-refractivity contribution in [1.82, 2.24) is 14.9 Å². The van der Waals surface area contributed by atoms with E-state index in [-0.39, 0.29) is 17.2 Å². The van der Waals surface area contributed by atoms with E-state index >= 15 is 0 Å². The first-order valence-electron chi connectivity index (χ1n) is 6.86. The lowest BCUT2D eigenvalue weighted by molar-refractivity contribution is -0.159. The molecule has 1 N–H and O–H groups in total. The molecule has 114 valence electrons. The molecule has 0 aromatic carbocycles. The summed E-state index contributed by atoms with van der Waals surface area (Å²) in [5.74, 6) is -0.780. The summed E-state index contributed by atoms with van der Waals surface area (Å²) in [6.45, 7) is 5.84. The molecule has 2 heterocycles. The van der Waals surface area contributed by atoms with Crippen LogP contribution in [0.5, 0.6) is 0 Å². The monoisotopic (exact) mass is 293 g/mol. The Kier molecular flexibility index (Phi) is 4.11. The van der Waals surface area contributed by atoms with Gasteiger partial charge in [-0.1, -0.05) is 0 Å². The van der Waals surface area contributed by atoms with Gasteiger partial charge in [0.25, 0.3) is 11.5 Å². The predicted molar refractivity (Wildman–Crippen MR) is 74.8 cm³/mol. The van der Waals surface area contributed by atoms with Gasteiger partial charge in [0.2, 0.25) is 0 Å². The smallest absolute Gasteiger partial charge is 0.329 e. The van der Waals surface area contributed by atoms with Crippen molar-refractivity contribution >= 4 is 11.9 Å². The Labute approximate surface area is 122 Å². The number of nitrogens with one attached hydrogen (secondary N) is 1. The lowest BCUT2D eigenvalue weighted by Gasteiger charge is -2.27. The van der Waals surface area contributed by atoms with Gasteiger partial charge < -0.3 is 14.6 Å². The van der Waals surface area contributed by atoms with Gasteiger partial charge in [0.15, 0.2) is 0 Å². The summed E-state index contributed by atoms with van der Waals surface area (Å²) in [7, 11) is 0. The third kappa shape index (κ3) is 3.68. The quantitative estimate of drug-likeness (QED) is 0.811. The molecule has 1 saturated heterocycles. The van der Waals surface area contributed by atoms with Gasteiger partial charge in [-0.25, -0.2) is 9.78 Å². The molecule has 0 radical (unpaired) electrons. The van der Waals surface area contributed by atoms with Crippen molar-refractivity contribution in [3.05, 3.63) is 28.4 Å². The third-order valence-corrected chi connectivity index (χ3v) is 3.08. The summed E-state index contributed by atoms with van der Waals surface area (Å²) in [5, 5.41) is 0. The molecule has 1 atom stereocenters. The molecule has 7 nitrogen and oxygen atoms in total. The van der Waals surface area contributed by atoms with E-state index in [0.29, 0.717) is 13.0 Å². The first-order chi connectivity index (χ1) is 9.78. The Morgan fingerprint density at radius 1 is 1.43 bits per heavy atom. The summed E-state index contributed by atoms with van der Waals surface area (Å²) >= 11 is 0. The normalized spacial score (nSPS) is 18.6. The summed E-state index contributed by atoms with van der Waals surface area (Å²) in [6.07, 6.45) is 3.62. The van der Waals surface area contributed by atoms with Gasteiger partial charge in [0.1, 0.15) is 17.3 Å². The average Bonchev–Trinajstić information content (AvgIpc) is 2.86. The van der Waals surface area contributed by atoms with E-state index in [4.69, 9.17) is 4.74 Å². The minimum Gasteiger partial charge on any atom is -0.458 e. The minimum absolute atomic E-state index is 0.116. The molecule has 1 aliphatic heterocycles. The maximum absolute atomic E-state index is 12.4. The van der Waals surface area contributed by atoms with E-state index in [1.807, 2.05) is 0 Å². The van der Waals surface area contributed by atoms with Crippen molar-refractivity contribution < 1.29 is 14.3 Å². The van der Waals surface area contributed by atoms with Crippen LogP contribution in [0.4, 0.5) is 0 Å². The van der Waals surface area contributed by atoms with Crippen LogP contribution in [-0.2, 0) is 9.53 Å². The fraction of sp³-hybridized carbons (Fsp3) is 0.571. The first kappa shape index (κ1) is 15.2. The van der Waals surface area contributed by atoms with Crippen LogP contribution >= 0.6 is 0 Å². The number of H-pyrrole nitrogens is 1. The lowest BCUT2D eigenvalue weighted by atomic mass is 10.1. The van der Waals surface area contributed by atoms with E-state index in [2.05, 4.69) is 9.97 Å². The molecular weight excluding hydrogens is 274 g/mol. The standard InChI is InChI=1S/C14H19N3O4/c1-14(2,3)21-13(20)10-5-4-6-17(10)12(19)9-7-16-11(18)8-15-9/h7-8,10H,4-6H2,1-3H3,(H,16,18)/t10-/m0/s1. The van der Waals surface area contributed by atoms with Crippen molar-refractivity contribution in [2.45, 2.75) is 45.3 Å². The van der Waals surface area contributed by atoms with Gasteiger partial charge >= 0.3 is 5.97 Å². The van der Waals surface area contributed by atoms with E-state index in [0.717, 1.165) is 12.6 Å². The number of aromatic nitrogens is 2. The minimum atomic E-state index is -0.593. The number of amides is 1. The van der Waals surface area contributed by atoms with Crippen molar-refractivity contribution in [3.63, 3.8) is 0 Å². The van der Waals surface area contributed by atoms with E-state index in [1.165, 1.54) is 11.1 Å². The zero-order valence-electron chi connectivity index (χ0n) is 12.4. The van der Waals surface area contributed by atoms with Gasteiger partial charge in [0, 0.05) is 12.7 Å². The number of carbonyl (C=O) groups is 2. The Balaban J connectivity index is 2.14. The molecule has 21 heavy (non-hydrogen) atoms. The molecule has 0 unspecified atom stereocenters. The highest BCUT2D eigenvalue weighted by Gasteiger charge is 2.37. The largest absolute Gasteiger partial charge is 0.458 e. The number of esters is 1. The Bertz CT molecular complexity index is 582. The molecular formula is C14H19N3O4. The highest BCUT2D eigenvalue weighted by atomic mass is 16.6. The summed E-state index contributed by atoms with van der Waals surface area (Å²) in [6, 6.07) is -0.592. The molecule has 0 spiro atoms.